The van der Waals surface area contributed by atoms with Crippen LogP contribution in [-0.2, 0) is 11.2 Å². The zero-order chi connectivity index (χ0) is 20.9. The lowest BCUT2D eigenvalue weighted by Gasteiger charge is -2.32. The molecule has 30 heavy (non-hydrogen) atoms. The molecule has 2 aromatic carbocycles. The van der Waals surface area contributed by atoms with E-state index in [-0.39, 0.29) is 18.8 Å². The zero-order valence-corrected chi connectivity index (χ0v) is 16.9. The number of aliphatic hydroxyl groups excluding tert-OH is 2. The Balaban J connectivity index is 1.47. The highest BCUT2D eigenvalue weighted by molar-refractivity contribution is 5.38. The molecule has 4 rings (SSSR count). The Labute approximate surface area is 176 Å². The van der Waals surface area contributed by atoms with Crippen molar-refractivity contribution in [1.29, 1.82) is 0 Å². The molecule has 0 aliphatic carbocycles. The quantitative estimate of drug-likeness (QED) is 0.649. The Hall–Kier alpha value is -2.80. The van der Waals surface area contributed by atoms with Crippen LogP contribution in [-0.4, -0.2) is 39.0 Å². The van der Waals surface area contributed by atoms with Gasteiger partial charge in [-0.15, -0.1) is 0 Å². The normalized spacial score (nSPS) is 21.4. The SMILES string of the molecule is Cc1ccc([C@H]2CC(O)C[C@@H](CO)O2)cc1Cc1ccc(Oc2cnccn2)cc1. The maximum absolute atomic E-state index is 10.1. The van der Waals surface area contributed by atoms with E-state index >= 15 is 0 Å². The van der Waals surface area contributed by atoms with E-state index in [1.807, 2.05) is 30.3 Å². The summed E-state index contributed by atoms with van der Waals surface area (Å²) >= 11 is 0. The molecule has 6 nitrogen and oxygen atoms in total. The summed E-state index contributed by atoms with van der Waals surface area (Å²) < 4.78 is 11.7. The van der Waals surface area contributed by atoms with Gasteiger partial charge in [0.1, 0.15) is 5.75 Å². The zero-order valence-electron chi connectivity index (χ0n) is 16.9. The number of nitrogens with zero attached hydrogens (tertiary/aromatic N) is 2. The molecule has 1 aromatic heterocycles. The van der Waals surface area contributed by atoms with E-state index < -0.39 is 6.10 Å². The number of hydrogen-bond acceptors (Lipinski definition) is 6. The highest BCUT2D eigenvalue weighted by Crippen LogP contribution is 2.33. The molecule has 0 spiro atoms. The molecule has 3 atom stereocenters. The monoisotopic (exact) mass is 406 g/mol. The third-order valence-electron chi connectivity index (χ3n) is 5.41. The Kier molecular flexibility index (Phi) is 6.38. The number of hydrogen-bond donors (Lipinski definition) is 2. The van der Waals surface area contributed by atoms with Gasteiger partial charge in [-0.1, -0.05) is 30.3 Å². The van der Waals surface area contributed by atoms with Gasteiger partial charge in [0, 0.05) is 25.2 Å². The van der Waals surface area contributed by atoms with Crippen LogP contribution in [0, 0.1) is 6.92 Å². The van der Waals surface area contributed by atoms with Gasteiger partial charge >= 0.3 is 0 Å². The highest BCUT2D eigenvalue weighted by atomic mass is 16.5. The molecule has 1 unspecified atom stereocenters. The van der Waals surface area contributed by atoms with Gasteiger partial charge in [-0.25, -0.2) is 4.98 Å². The van der Waals surface area contributed by atoms with Crippen LogP contribution in [0.2, 0.25) is 0 Å². The summed E-state index contributed by atoms with van der Waals surface area (Å²) in [4.78, 5) is 8.11. The molecule has 1 aliphatic rings. The second kappa shape index (κ2) is 9.34. The summed E-state index contributed by atoms with van der Waals surface area (Å²) in [7, 11) is 0. The van der Waals surface area contributed by atoms with E-state index in [4.69, 9.17) is 9.47 Å². The van der Waals surface area contributed by atoms with Crippen LogP contribution < -0.4 is 4.74 Å². The molecular formula is C24H26N2O4. The fourth-order valence-electron chi connectivity index (χ4n) is 3.76. The Bertz CT molecular complexity index is 963. The van der Waals surface area contributed by atoms with Gasteiger partial charge in [0.15, 0.2) is 0 Å². The molecule has 0 amide bonds. The predicted octanol–water partition coefficient (Wildman–Crippen LogP) is 3.74. The summed E-state index contributed by atoms with van der Waals surface area (Å²) in [5.41, 5.74) is 4.61. The number of ether oxygens (including phenoxy) is 2. The first kappa shape index (κ1) is 20.5. The lowest BCUT2D eigenvalue weighted by molar-refractivity contribution is -0.113. The molecule has 3 aromatic rings. The second-order valence-electron chi connectivity index (χ2n) is 7.71. The standard InChI is InChI=1S/C24H26N2O4/c1-16-2-5-18(23-13-20(28)12-22(15-27)29-23)11-19(16)10-17-3-6-21(7-4-17)30-24-14-25-8-9-26-24/h2-9,11,14,20,22-23,27-28H,10,12-13,15H2,1H3/t20?,22-,23+/m0/s1. The van der Waals surface area contributed by atoms with Crippen LogP contribution in [0.3, 0.4) is 0 Å². The Morgan fingerprint density at radius 3 is 2.67 bits per heavy atom. The molecular weight excluding hydrogens is 380 g/mol. The summed E-state index contributed by atoms with van der Waals surface area (Å²) in [6, 6.07) is 14.2. The Morgan fingerprint density at radius 2 is 1.93 bits per heavy atom. The van der Waals surface area contributed by atoms with Crippen molar-refractivity contribution in [3.05, 3.63) is 83.3 Å². The number of rotatable bonds is 6. The van der Waals surface area contributed by atoms with Crippen molar-refractivity contribution in [1.82, 2.24) is 9.97 Å². The second-order valence-corrected chi connectivity index (χ2v) is 7.71. The molecule has 156 valence electrons. The minimum Gasteiger partial charge on any atom is -0.438 e. The predicted molar refractivity (Wildman–Crippen MR) is 112 cm³/mol. The smallest absolute Gasteiger partial charge is 0.237 e. The van der Waals surface area contributed by atoms with E-state index in [9.17, 15) is 10.2 Å². The van der Waals surface area contributed by atoms with Gasteiger partial charge in [0.2, 0.25) is 5.88 Å². The van der Waals surface area contributed by atoms with E-state index in [1.54, 1.807) is 18.6 Å². The summed E-state index contributed by atoms with van der Waals surface area (Å²) in [6.45, 7) is 2.02. The van der Waals surface area contributed by atoms with Crippen LogP contribution in [0.1, 0.15) is 41.2 Å². The molecule has 2 N–H and O–H groups in total. The minimum absolute atomic E-state index is 0.0741. The number of benzene rings is 2. The number of aryl methyl sites for hydroxylation is 1. The van der Waals surface area contributed by atoms with Crippen LogP contribution in [0.5, 0.6) is 11.6 Å². The van der Waals surface area contributed by atoms with Gasteiger partial charge in [-0.3, -0.25) is 4.98 Å². The average molecular weight is 406 g/mol. The van der Waals surface area contributed by atoms with E-state index in [2.05, 4.69) is 29.0 Å². The topological polar surface area (TPSA) is 84.7 Å². The molecule has 2 heterocycles. The third kappa shape index (κ3) is 5.02. The third-order valence-corrected chi connectivity index (χ3v) is 5.41. The van der Waals surface area contributed by atoms with Gasteiger partial charge < -0.3 is 19.7 Å². The molecule has 0 saturated carbocycles. The van der Waals surface area contributed by atoms with E-state index in [1.165, 1.54) is 16.7 Å². The minimum atomic E-state index is -0.451. The number of aliphatic hydroxyl groups is 2. The lowest BCUT2D eigenvalue weighted by Crippen LogP contribution is -2.33. The molecule has 1 saturated heterocycles. The molecule has 0 bridgehead atoms. The van der Waals surface area contributed by atoms with Crippen molar-refractivity contribution >= 4 is 0 Å². The fourth-order valence-corrected chi connectivity index (χ4v) is 3.76. The van der Waals surface area contributed by atoms with Gasteiger partial charge in [0.05, 0.1) is 31.1 Å². The first-order chi connectivity index (χ1) is 14.6. The van der Waals surface area contributed by atoms with E-state index in [0.717, 1.165) is 12.0 Å². The first-order valence-corrected chi connectivity index (χ1v) is 10.2. The molecule has 6 heteroatoms. The maximum atomic E-state index is 10.1. The van der Waals surface area contributed by atoms with Gasteiger partial charge in [-0.05, 0) is 47.7 Å². The van der Waals surface area contributed by atoms with Crippen molar-refractivity contribution in [2.45, 2.75) is 44.5 Å². The summed E-state index contributed by atoms with van der Waals surface area (Å²) in [6.07, 6.45) is 5.62. The maximum Gasteiger partial charge on any atom is 0.237 e. The largest absolute Gasteiger partial charge is 0.438 e. The van der Waals surface area contributed by atoms with Gasteiger partial charge in [-0.2, -0.15) is 0 Å². The van der Waals surface area contributed by atoms with Crippen molar-refractivity contribution < 1.29 is 19.7 Å². The molecule has 1 aliphatic heterocycles. The average Bonchev–Trinajstić information content (AvgIpc) is 2.77. The first-order valence-electron chi connectivity index (χ1n) is 10.2. The van der Waals surface area contributed by atoms with Crippen LogP contribution in [0.4, 0.5) is 0 Å². The van der Waals surface area contributed by atoms with Crippen molar-refractivity contribution in [2.24, 2.45) is 0 Å². The number of aromatic nitrogens is 2. The highest BCUT2D eigenvalue weighted by Gasteiger charge is 2.29. The summed E-state index contributed by atoms with van der Waals surface area (Å²) in [5.74, 6) is 1.18. The van der Waals surface area contributed by atoms with Crippen LogP contribution in [0.15, 0.2) is 61.1 Å². The van der Waals surface area contributed by atoms with Gasteiger partial charge in [0.25, 0.3) is 0 Å². The van der Waals surface area contributed by atoms with Crippen molar-refractivity contribution in [3.8, 4) is 11.6 Å². The Morgan fingerprint density at radius 1 is 1.10 bits per heavy atom. The lowest BCUT2D eigenvalue weighted by atomic mass is 9.92. The van der Waals surface area contributed by atoms with Crippen LogP contribution >= 0.6 is 0 Å². The van der Waals surface area contributed by atoms with Crippen molar-refractivity contribution in [2.75, 3.05) is 6.61 Å². The molecule has 1 fully saturated rings. The summed E-state index contributed by atoms with van der Waals surface area (Å²) in [5, 5.41) is 19.6. The molecule has 0 radical (unpaired) electrons. The van der Waals surface area contributed by atoms with Crippen LogP contribution in [0.25, 0.3) is 0 Å². The fraction of sp³-hybridized carbons (Fsp3) is 0.333. The van der Waals surface area contributed by atoms with Crippen molar-refractivity contribution in [3.63, 3.8) is 0 Å². The van der Waals surface area contributed by atoms with E-state index in [0.29, 0.717) is 24.5 Å².